The van der Waals surface area contributed by atoms with Gasteiger partial charge in [0.15, 0.2) is 4.75 Å². The molecule has 1 heterocycles. The van der Waals surface area contributed by atoms with Gasteiger partial charge in [0.1, 0.15) is 5.75 Å². The summed E-state index contributed by atoms with van der Waals surface area (Å²) in [4.78, 5) is 12.6. The molecular formula is C15H22N2O4S. The fourth-order valence-electron chi connectivity index (χ4n) is 2.62. The van der Waals surface area contributed by atoms with Crippen molar-refractivity contribution in [3.05, 3.63) is 23.8 Å². The number of ether oxygens (including phenoxy) is 1. The summed E-state index contributed by atoms with van der Waals surface area (Å²) in [6.07, 6.45) is 0.988. The van der Waals surface area contributed by atoms with Gasteiger partial charge in [-0.15, -0.1) is 0 Å². The number of anilines is 1. The largest absolute Gasteiger partial charge is 0.497 e. The zero-order chi connectivity index (χ0) is 16.5. The van der Waals surface area contributed by atoms with Crippen LogP contribution in [0.5, 0.6) is 5.75 Å². The summed E-state index contributed by atoms with van der Waals surface area (Å²) in [5, 5.41) is 2.75. The van der Waals surface area contributed by atoms with Gasteiger partial charge in [-0.3, -0.25) is 4.79 Å². The predicted octanol–water partition coefficient (Wildman–Crippen LogP) is 1.76. The lowest BCUT2D eigenvalue weighted by atomic mass is 10.0. The van der Waals surface area contributed by atoms with Crippen LogP contribution >= 0.6 is 0 Å². The van der Waals surface area contributed by atoms with Gasteiger partial charge in [-0.2, -0.15) is 0 Å². The third-order valence-electron chi connectivity index (χ3n) is 4.27. The zero-order valence-electron chi connectivity index (χ0n) is 13.3. The molecular weight excluding hydrogens is 304 g/mol. The molecule has 1 N–H and O–H groups in total. The topological polar surface area (TPSA) is 75.7 Å². The van der Waals surface area contributed by atoms with E-state index in [4.69, 9.17) is 4.74 Å². The summed E-state index contributed by atoms with van der Waals surface area (Å²) in [5.41, 5.74) is 1.41. The van der Waals surface area contributed by atoms with Crippen LogP contribution in [0.2, 0.25) is 0 Å². The van der Waals surface area contributed by atoms with Gasteiger partial charge in [0, 0.05) is 19.3 Å². The first-order valence-electron chi connectivity index (χ1n) is 7.14. The lowest BCUT2D eigenvalue weighted by molar-refractivity contribution is -0.118. The van der Waals surface area contributed by atoms with Gasteiger partial charge in [0.05, 0.1) is 7.11 Å². The Bertz CT molecular complexity index is 687. The van der Waals surface area contributed by atoms with E-state index in [-0.39, 0.29) is 0 Å². The van der Waals surface area contributed by atoms with Crippen LogP contribution in [0.3, 0.4) is 0 Å². The van der Waals surface area contributed by atoms with Gasteiger partial charge >= 0.3 is 0 Å². The van der Waals surface area contributed by atoms with Gasteiger partial charge in [0.25, 0.3) is 0 Å². The smallest absolute Gasteiger partial charge is 0.246 e. The molecule has 22 heavy (non-hydrogen) atoms. The Morgan fingerprint density at radius 3 is 2.68 bits per heavy atom. The van der Waals surface area contributed by atoms with Crippen molar-refractivity contribution in [3.63, 3.8) is 0 Å². The van der Waals surface area contributed by atoms with Crippen LogP contribution in [0.15, 0.2) is 18.2 Å². The number of hydrogen-bond acceptors (Lipinski definition) is 4. The van der Waals surface area contributed by atoms with E-state index in [0.29, 0.717) is 30.8 Å². The Morgan fingerprint density at radius 1 is 1.41 bits per heavy atom. The van der Waals surface area contributed by atoms with Crippen LogP contribution in [0.25, 0.3) is 0 Å². The van der Waals surface area contributed by atoms with Crippen molar-refractivity contribution < 1.29 is 17.9 Å². The lowest BCUT2D eigenvalue weighted by Gasteiger charge is -2.36. The highest BCUT2D eigenvalue weighted by molar-refractivity contribution is 7.91. The molecule has 0 radical (unpaired) electrons. The fourth-order valence-corrected chi connectivity index (χ4v) is 4.37. The molecule has 1 amide bonds. The van der Waals surface area contributed by atoms with Crippen molar-refractivity contribution in [3.8, 4) is 5.75 Å². The number of nitrogens with one attached hydrogen (secondary N) is 1. The van der Waals surface area contributed by atoms with Crippen LogP contribution < -0.4 is 10.1 Å². The summed E-state index contributed by atoms with van der Waals surface area (Å²) in [5.74, 6) is 0.194. The standard InChI is InChI=1S/C15H22N2O4S/c1-11-10-12(21-4)6-7-13(11)16-14(18)15(2)8-5-9-17(3)22(15,19)20/h6-7,10H,5,8-9H2,1-4H3,(H,16,18)/t15-/m1/s1. The number of carbonyl (C=O) groups is 1. The average Bonchev–Trinajstić information content (AvgIpc) is 2.47. The van der Waals surface area contributed by atoms with Crippen molar-refractivity contribution in [2.24, 2.45) is 0 Å². The Labute approximate surface area is 131 Å². The number of benzene rings is 1. The molecule has 1 aromatic carbocycles. The van der Waals surface area contributed by atoms with Gasteiger partial charge in [-0.1, -0.05) is 0 Å². The van der Waals surface area contributed by atoms with Crippen LogP contribution in [-0.4, -0.2) is 44.1 Å². The maximum absolute atomic E-state index is 12.6. The number of rotatable bonds is 3. The second-order valence-corrected chi connectivity index (χ2v) is 8.27. The average molecular weight is 326 g/mol. The van der Waals surface area contributed by atoms with Gasteiger partial charge in [-0.05, 0) is 50.5 Å². The fraction of sp³-hybridized carbons (Fsp3) is 0.533. The molecule has 1 aliphatic heterocycles. The number of carbonyl (C=O) groups excluding carboxylic acids is 1. The van der Waals surface area contributed by atoms with Crippen molar-refractivity contribution in [1.29, 1.82) is 0 Å². The molecule has 0 unspecified atom stereocenters. The van der Waals surface area contributed by atoms with Gasteiger partial charge < -0.3 is 10.1 Å². The Kier molecular flexibility index (Phi) is 4.49. The first-order valence-corrected chi connectivity index (χ1v) is 8.58. The maximum Gasteiger partial charge on any atom is 0.246 e. The van der Waals surface area contributed by atoms with Gasteiger partial charge in [-0.25, -0.2) is 12.7 Å². The summed E-state index contributed by atoms with van der Waals surface area (Å²) >= 11 is 0. The van der Waals surface area contributed by atoms with Crippen LogP contribution in [0.1, 0.15) is 25.3 Å². The molecule has 122 valence electrons. The zero-order valence-corrected chi connectivity index (χ0v) is 14.2. The van der Waals surface area contributed by atoms with Gasteiger partial charge in [0.2, 0.25) is 15.9 Å². The van der Waals surface area contributed by atoms with E-state index in [1.165, 1.54) is 18.3 Å². The lowest BCUT2D eigenvalue weighted by Crippen LogP contribution is -2.56. The third kappa shape index (κ3) is 2.70. The molecule has 7 heteroatoms. The minimum atomic E-state index is -3.65. The number of hydrogen-bond donors (Lipinski definition) is 1. The Hall–Kier alpha value is -1.60. The minimum absolute atomic E-state index is 0.320. The van der Waals surface area contributed by atoms with E-state index < -0.39 is 20.7 Å². The van der Waals surface area contributed by atoms with Crippen molar-refractivity contribution in [2.75, 3.05) is 26.0 Å². The SMILES string of the molecule is COc1ccc(NC(=O)[C@@]2(C)CCCN(C)S2(=O)=O)c(C)c1. The molecule has 1 atom stereocenters. The summed E-state index contributed by atoms with van der Waals surface area (Å²) in [6.45, 7) is 3.78. The quantitative estimate of drug-likeness (QED) is 0.918. The van der Waals surface area contributed by atoms with E-state index in [1.54, 1.807) is 25.3 Å². The second kappa shape index (κ2) is 5.89. The summed E-state index contributed by atoms with van der Waals surface area (Å²) in [7, 11) is -0.570. The summed E-state index contributed by atoms with van der Waals surface area (Å²) in [6, 6.07) is 5.24. The van der Waals surface area contributed by atoms with E-state index in [9.17, 15) is 13.2 Å². The van der Waals surface area contributed by atoms with Crippen molar-refractivity contribution in [2.45, 2.75) is 31.4 Å². The molecule has 1 aliphatic rings. The molecule has 0 aliphatic carbocycles. The minimum Gasteiger partial charge on any atom is -0.497 e. The molecule has 0 bridgehead atoms. The molecule has 0 aromatic heterocycles. The first kappa shape index (κ1) is 16.8. The van der Waals surface area contributed by atoms with E-state index in [2.05, 4.69) is 5.32 Å². The van der Waals surface area contributed by atoms with Crippen molar-refractivity contribution in [1.82, 2.24) is 4.31 Å². The Balaban J connectivity index is 2.28. The first-order chi connectivity index (χ1) is 10.2. The number of nitrogens with zero attached hydrogens (tertiary/aromatic N) is 1. The highest BCUT2D eigenvalue weighted by atomic mass is 32.2. The second-order valence-electron chi connectivity index (χ2n) is 5.80. The Morgan fingerprint density at radius 2 is 2.09 bits per heavy atom. The third-order valence-corrected chi connectivity index (χ3v) is 6.80. The van der Waals surface area contributed by atoms with E-state index in [1.807, 2.05) is 6.92 Å². The summed E-state index contributed by atoms with van der Waals surface area (Å²) < 4.78 is 29.9. The highest BCUT2D eigenvalue weighted by Crippen LogP contribution is 2.32. The van der Waals surface area contributed by atoms with Crippen LogP contribution in [0.4, 0.5) is 5.69 Å². The molecule has 0 spiro atoms. The number of methoxy groups -OCH3 is 1. The molecule has 1 fully saturated rings. The van der Waals surface area contributed by atoms with Crippen LogP contribution in [-0.2, 0) is 14.8 Å². The predicted molar refractivity (Wildman–Crippen MR) is 85.5 cm³/mol. The maximum atomic E-state index is 12.6. The normalized spacial score (nSPS) is 24.7. The molecule has 1 aromatic rings. The van der Waals surface area contributed by atoms with Crippen molar-refractivity contribution >= 4 is 21.6 Å². The molecule has 2 rings (SSSR count). The number of aryl methyl sites for hydroxylation is 1. The molecule has 1 saturated heterocycles. The van der Waals surface area contributed by atoms with Crippen LogP contribution in [0, 0.1) is 6.92 Å². The van der Waals surface area contributed by atoms with E-state index in [0.717, 1.165) is 5.56 Å². The number of sulfonamides is 1. The molecule has 6 nitrogen and oxygen atoms in total. The highest BCUT2D eigenvalue weighted by Gasteiger charge is 2.50. The van der Waals surface area contributed by atoms with E-state index >= 15 is 0 Å². The monoisotopic (exact) mass is 326 g/mol. The molecule has 0 saturated carbocycles. The number of amides is 1.